The third-order valence-corrected chi connectivity index (χ3v) is 4.18. The summed E-state index contributed by atoms with van der Waals surface area (Å²) in [5, 5.41) is 0. The molecule has 1 aromatic carbocycles. The predicted molar refractivity (Wildman–Crippen MR) is 89.3 cm³/mol. The third-order valence-electron chi connectivity index (χ3n) is 4.18. The molecule has 1 atom stereocenters. The molecule has 0 radical (unpaired) electrons. The molecule has 2 aromatic rings. The molecule has 1 aliphatic heterocycles. The van der Waals surface area contributed by atoms with Crippen LogP contribution in [-0.2, 0) is 17.7 Å². The van der Waals surface area contributed by atoms with Gasteiger partial charge in [0.05, 0.1) is 19.5 Å². The van der Waals surface area contributed by atoms with E-state index in [4.69, 9.17) is 4.74 Å². The molecule has 5 heteroatoms. The minimum atomic E-state index is -0.0962. The lowest BCUT2D eigenvalue weighted by Crippen LogP contribution is -2.30. The molecular weight excluding hydrogens is 290 g/mol. The van der Waals surface area contributed by atoms with Crippen LogP contribution in [0.25, 0.3) is 0 Å². The first-order valence-electron chi connectivity index (χ1n) is 8.08. The van der Waals surface area contributed by atoms with Crippen molar-refractivity contribution in [1.82, 2.24) is 14.9 Å². The lowest BCUT2D eigenvalue weighted by Gasteiger charge is -2.23. The third kappa shape index (κ3) is 4.74. The molecule has 3 rings (SSSR count). The number of aryl methyl sites for hydroxylation is 1. The number of benzene rings is 1. The minimum Gasteiger partial charge on any atom is -0.380 e. The fraction of sp³-hybridized carbons (Fsp3) is 0.444. The average molecular weight is 313 g/mol. The van der Waals surface area contributed by atoms with Crippen LogP contribution in [0.5, 0.6) is 0 Å². The van der Waals surface area contributed by atoms with Gasteiger partial charge in [-0.05, 0) is 18.9 Å². The van der Waals surface area contributed by atoms with Crippen LogP contribution in [-0.4, -0.2) is 41.2 Å². The highest BCUT2D eigenvalue weighted by molar-refractivity contribution is 5.21. The van der Waals surface area contributed by atoms with Gasteiger partial charge in [0.1, 0.15) is 0 Å². The summed E-state index contributed by atoms with van der Waals surface area (Å²) in [7, 11) is 0. The van der Waals surface area contributed by atoms with Crippen LogP contribution in [0.1, 0.15) is 16.8 Å². The van der Waals surface area contributed by atoms with E-state index in [1.54, 1.807) is 6.07 Å². The molecule has 5 nitrogen and oxygen atoms in total. The van der Waals surface area contributed by atoms with Crippen molar-refractivity contribution >= 4 is 0 Å². The Morgan fingerprint density at radius 3 is 2.96 bits per heavy atom. The van der Waals surface area contributed by atoms with Gasteiger partial charge in [-0.3, -0.25) is 9.69 Å². The summed E-state index contributed by atoms with van der Waals surface area (Å²) in [6, 6.07) is 10.3. The Kier molecular flexibility index (Phi) is 5.20. The van der Waals surface area contributed by atoms with Crippen LogP contribution in [0.15, 0.2) is 41.5 Å². The molecule has 1 N–H and O–H groups in total. The summed E-state index contributed by atoms with van der Waals surface area (Å²) in [6.45, 7) is 6.41. The number of rotatable bonds is 4. The largest absolute Gasteiger partial charge is 0.380 e. The zero-order valence-electron chi connectivity index (χ0n) is 13.5. The van der Waals surface area contributed by atoms with E-state index in [1.165, 1.54) is 17.5 Å². The van der Waals surface area contributed by atoms with E-state index in [1.807, 2.05) is 0 Å². The molecule has 1 fully saturated rings. The van der Waals surface area contributed by atoms with Crippen LogP contribution in [0, 0.1) is 12.8 Å². The fourth-order valence-electron chi connectivity index (χ4n) is 2.99. The summed E-state index contributed by atoms with van der Waals surface area (Å²) in [5.41, 5.74) is 3.34. The summed E-state index contributed by atoms with van der Waals surface area (Å²) < 4.78 is 5.74. The van der Waals surface area contributed by atoms with E-state index in [9.17, 15) is 4.79 Å². The maximum Gasteiger partial charge on any atom is 0.250 e. The topological polar surface area (TPSA) is 58.2 Å². The van der Waals surface area contributed by atoms with Gasteiger partial charge in [-0.15, -0.1) is 0 Å². The highest BCUT2D eigenvalue weighted by atomic mass is 16.5. The molecule has 1 saturated heterocycles. The number of nitrogens with one attached hydrogen (secondary N) is 1. The Balaban J connectivity index is 1.63. The second kappa shape index (κ2) is 7.53. The van der Waals surface area contributed by atoms with Crippen molar-refractivity contribution in [3.63, 3.8) is 0 Å². The quantitative estimate of drug-likeness (QED) is 0.934. The Labute approximate surface area is 136 Å². The number of H-pyrrole nitrogens is 1. The molecular formula is C18H23N3O2. The van der Waals surface area contributed by atoms with Gasteiger partial charge in [0.2, 0.25) is 0 Å². The van der Waals surface area contributed by atoms with Crippen LogP contribution < -0.4 is 5.56 Å². The number of nitrogens with zero attached hydrogens (tertiary/aromatic N) is 2. The fourth-order valence-corrected chi connectivity index (χ4v) is 2.99. The van der Waals surface area contributed by atoms with Gasteiger partial charge >= 0.3 is 0 Å². The van der Waals surface area contributed by atoms with Crippen molar-refractivity contribution in [1.29, 1.82) is 0 Å². The molecule has 23 heavy (non-hydrogen) atoms. The standard InChI is InChI=1S/C18H23N3O2/c1-14-2-4-15(5-3-14)10-21-6-7-23-12-16(11-21)8-17-9-18(22)20-13-19-17/h2-5,9,13,16H,6-8,10-12H2,1H3,(H,19,20,22)/t16-/m0/s1. The molecule has 2 heterocycles. The highest BCUT2D eigenvalue weighted by Crippen LogP contribution is 2.15. The van der Waals surface area contributed by atoms with Crippen molar-refractivity contribution in [2.45, 2.75) is 19.9 Å². The second-order valence-corrected chi connectivity index (χ2v) is 6.27. The van der Waals surface area contributed by atoms with Crippen molar-refractivity contribution in [2.24, 2.45) is 5.92 Å². The summed E-state index contributed by atoms with van der Waals surface area (Å²) in [4.78, 5) is 20.6. The first-order chi connectivity index (χ1) is 11.2. The Morgan fingerprint density at radius 1 is 1.35 bits per heavy atom. The van der Waals surface area contributed by atoms with E-state index in [-0.39, 0.29) is 5.56 Å². The van der Waals surface area contributed by atoms with Crippen LogP contribution in [0.4, 0.5) is 0 Å². The van der Waals surface area contributed by atoms with Crippen molar-refractivity contribution in [2.75, 3.05) is 26.3 Å². The van der Waals surface area contributed by atoms with Gasteiger partial charge < -0.3 is 9.72 Å². The monoisotopic (exact) mass is 313 g/mol. The van der Waals surface area contributed by atoms with Gasteiger partial charge in [0, 0.05) is 37.3 Å². The molecule has 0 spiro atoms. The van der Waals surface area contributed by atoms with Gasteiger partial charge in [-0.25, -0.2) is 4.98 Å². The Bertz CT molecular complexity index is 681. The number of hydrogen-bond donors (Lipinski definition) is 1. The van der Waals surface area contributed by atoms with E-state index in [2.05, 4.69) is 46.1 Å². The lowest BCUT2D eigenvalue weighted by molar-refractivity contribution is 0.121. The molecule has 122 valence electrons. The first kappa shape index (κ1) is 15.9. The Morgan fingerprint density at radius 2 is 2.17 bits per heavy atom. The number of aromatic nitrogens is 2. The Hall–Kier alpha value is -1.98. The second-order valence-electron chi connectivity index (χ2n) is 6.27. The minimum absolute atomic E-state index is 0.0962. The van der Waals surface area contributed by atoms with E-state index in [0.29, 0.717) is 5.92 Å². The molecule has 0 bridgehead atoms. The van der Waals surface area contributed by atoms with Crippen LogP contribution in [0.2, 0.25) is 0 Å². The van der Waals surface area contributed by atoms with Crippen LogP contribution in [0.3, 0.4) is 0 Å². The summed E-state index contributed by atoms with van der Waals surface area (Å²) in [6.07, 6.45) is 2.24. The van der Waals surface area contributed by atoms with Crippen molar-refractivity contribution < 1.29 is 4.74 Å². The predicted octanol–water partition coefficient (Wildman–Crippen LogP) is 1.77. The van der Waals surface area contributed by atoms with Gasteiger partial charge in [0.15, 0.2) is 0 Å². The SMILES string of the molecule is Cc1ccc(CN2CCOC[C@@H](Cc3cc(=O)[nH]cn3)C2)cc1. The lowest BCUT2D eigenvalue weighted by atomic mass is 10.0. The maximum absolute atomic E-state index is 11.4. The van der Waals surface area contributed by atoms with Gasteiger partial charge in [-0.1, -0.05) is 29.8 Å². The zero-order chi connectivity index (χ0) is 16.1. The van der Waals surface area contributed by atoms with Gasteiger partial charge in [-0.2, -0.15) is 0 Å². The van der Waals surface area contributed by atoms with Gasteiger partial charge in [0.25, 0.3) is 5.56 Å². The van der Waals surface area contributed by atoms with Crippen molar-refractivity contribution in [3.05, 3.63) is 63.8 Å². The number of hydrogen-bond acceptors (Lipinski definition) is 4. The molecule has 0 amide bonds. The highest BCUT2D eigenvalue weighted by Gasteiger charge is 2.19. The summed E-state index contributed by atoms with van der Waals surface area (Å²) >= 11 is 0. The molecule has 0 aliphatic carbocycles. The smallest absolute Gasteiger partial charge is 0.250 e. The van der Waals surface area contributed by atoms with Crippen LogP contribution >= 0.6 is 0 Å². The van der Waals surface area contributed by atoms with E-state index >= 15 is 0 Å². The molecule has 1 aromatic heterocycles. The average Bonchev–Trinajstić information content (AvgIpc) is 2.75. The number of ether oxygens (including phenoxy) is 1. The number of aromatic amines is 1. The molecule has 1 aliphatic rings. The summed E-state index contributed by atoms with van der Waals surface area (Å²) in [5.74, 6) is 0.359. The van der Waals surface area contributed by atoms with E-state index in [0.717, 1.165) is 45.0 Å². The van der Waals surface area contributed by atoms with Crippen molar-refractivity contribution in [3.8, 4) is 0 Å². The molecule has 0 unspecified atom stereocenters. The first-order valence-corrected chi connectivity index (χ1v) is 8.08. The zero-order valence-corrected chi connectivity index (χ0v) is 13.5. The maximum atomic E-state index is 11.4. The normalized spacial score (nSPS) is 19.4. The van der Waals surface area contributed by atoms with E-state index < -0.39 is 0 Å². The molecule has 0 saturated carbocycles.